The van der Waals surface area contributed by atoms with E-state index in [9.17, 15) is 26.7 Å². The maximum Gasteiger partial charge on any atom is 0.418 e. The van der Waals surface area contributed by atoms with Crippen LogP contribution in [0.3, 0.4) is 0 Å². The summed E-state index contributed by atoms with van der Waals surface area (Å²) in [5.41, 5.74) is -0.132. The van der Waals surface area contributed by atoms with Gasteiger partial charge in [0.2, 0.25) is 0 Å². The summed E-state index contributed by atoms with van der Waals surface area (Å²) >= 11 is 0. The Hall–Kier alpha value is -2.29. The second-order valence-electron chi connectivity index (χ2n) is 7.91. The minimum atomic E-state index is -4.60. The van der Waals surface area contributed by atoms with E-state index < -0.39 is 42.6 Å². The van der Waals surface area contributed by atoms with Gasteiger partial charge < -0.3 is 10.6 Å². The predicted molar refractivity (Wildman–Crippen MR) is 97.1 cm³/mol. The molecule has 1 aromatic carbocycles. The number of pyridine rings is 1. The lowest BCUT2D eigenvalue weighted by Gasteiger charge is -2.16. The van der Waals surface area contributed by atoms with Crippen LogP contribution in [0.5, 0.6) is 0 Å². The minimum absolute atomic E-state index is 0.0556. The van der Waals surface area contributed by atoms with Crippen molar-refractivity contribution in [3.63, 3.8) is 0 Å². The van der Waals surface area contributed by atoms with Crippen LogP contribution in [0.4, 0.5) is 22.0 Å². The molecule has 1 aliphatic carbocycles. The maximum absolute atomic E-state index is 13.7. The third-order valence-corrected chi connectivity index (χ3v) is 5.43. The van der Waals surface area contributed by atoms with Crippen molar-refractivity contribution in [3.8, 4) is 0 Å². The largest absolute Gasteiger partial charge is 0.418 e. The van der Waals surface area contributed by atoms with Crippen LogP contribution in [0.25, 0.3) is 10.9 Å². The summed E-state index contributed by atoms with van der Waals surface area (Å²) in [5, 5.41) is 5.47. The predicted octanol–water partition coefficient (Wildman–Crippen LogP) is 4.17. The Bertz CT molecular complexity index is 969. The summed E-state index contributed by atoms with van der Waals surface area (Å²) in [6.07, 6.45) is -3.27. The van der Waals surface area contributed by atoms with Crippen molar-refractivity contribution in [1.82, 2.24) is 15.6 Å². The number of benzene rings is 1. The first-order chi connectivity index (χ1) is 13.5. The summed E-state index contributed by atoms with van der Waals surface area (Å²) in [7, 11) is 0. The van der Waals surface area contributed by atoms with Gasteiger partial charge in [0.15, 0.2) is 0 Å². The zero-order chi connectivity index (χ0) is 21.0. The molecule has 1 aliphatic heterocycles. The Morgan fingerprint density at radius 1 is 1.28 bits per heavy atom. The summed E-state index contributed by atoms with van der Waals surface area (Å²) < 4.78 is 67.4. The van der Waals surface area contributed by atoms with Gasteiger partial charge in [-0.3, -0.25) is 4.79 Å². The summed E-state index contributed by atoms with van der Waals surface area (Å²) in [4.78, 5) is 16.4. The molecule has 1 saturated carbocycles. The number of aryl methyl sites for hydroxylation is 1. The molecule has 0 bridgehead atoms. The van der Waals surface area contributed by atoms with Crippen LogP contribution in [0.1, 0.15) is 52.4 Å². The maximum atomic E-state index is 13.7. The van der Waals surface area contributed by atoms with Crippen molar-refractivity contribution in [3.05, 3.63) is 40.6 Å². The van der Waals surface area contributed by atoms with Crippen molar-refractivity contribution in [1.29, 1.82) is 0 Å². The normalized spacial score (nSPS) is 21.5. The number of halogens is 5. The molecular weight excluding hydrogens is 393 g/mol. The molecule has 1 aromatic heterocycles. The van der Waals surface area contributed by atoms with E-state index in [1.54, 1.807) is 13.0 Å². The summed E-state index contributed by atoms with van der Waals surface area (Å²) in [6.45, 7) is 1.12. The smallest absolute Gasteiger partial charge is 0.349 e. The molecule has 1 atom stereocenters. The Morgan fingerprint density at radius 2 is 2.00 bits per heavy atom. The second kappa shape index (κ2) is 6.90. The fraction of sp³-hybridized carbons (Fsp3) is 0.500. The number of alkyl halides is 5. The standard InChI is InChI=1S/C20H20F5N3O/c1-10-4-16(18(29)26-8-13-7-19(21,22)9-27-13)28-17-14(10)5-12(11-2-3-11)6-15(17)20(23,24)25/h4-6,11,13,27H,2-3,7-9H2,1H3,(H,26,29). The van der Waals surface area contributed by atoms with Gasteiger partial charge in [-0.2, -0.15) is 13.2 Å². The number of nitrogens with zero attached hydrogens (tertiary/aromatic N) is 1. The molecule has 4 nitrogen and oxygen atoms in total. The molecule has 2 heterocycles. The topological polar surface area (TPSA) is 54.0 Å². The molecule has 0 radical (unpaired) electrons. The van der Waals surface area contributed by atoms with Crippen molar-refractivity contribution < 1.29 is 26.7 Å². The van der Waals surface area contributed by atoms with E-state index in [0.717, 1.165) is 18.9 Å². The molecule has 2 fully saturated rings. The van der Waals surface area contributed by atoms with Crippen LogP contribution in [0.2, 0.25) is 0 Å². The zero-order valence-electron chi connectivity index (χ0n) is 15.7. The molecule has 156 valence electrons. The molecule has 1 unspecified atom stereocenters. The SMILES string of the molecule is Cc1cc(C(=O)NCC2CC(F)(F)CN2)nc2c(C(F)(F)F)cc(C3CC3)cc12. The molecule has 1 amide bonds. The van der Waals surface area contributed by atoms with Gasteiger partial charge in [0.25, 0.3) is 11.8 Å². The highest BCUT2D eigenvalue weighted by Gasteiger charge is 2.39. The number of rotatable bonds is 4. The van der Waals surface area contributed by atoms with E-state index in [1.807, 2.05) is 0 Å². The van der Waals surface area contributed by atoms with E-state index in [-0.39, 0.29) is 23.7 Å². The average Bonchev–Trinajstić information content (AvgIpc) is 3.42. The number of carbonyl (C=O) groups excluding carboxylic acids is 1. The molecule has 9 heteroatoms. The summed E-state index contributed by atoms with van der Waals surface area (Å²) in [6, 6.07) is 3.68. The molecule has 1 saturated heterocycles. The highest BCUT2D eigenvalue weighted by atomic mass is 19.4. The van der Waals surface area contributed by atoms with E-state index in [4.69, 9.17) is 0 Å². The molecule has 29 heavy (non-hydrogen) atoms. The van der Waals surface area contributed by atoms with Crippen molar-refractivity contribution in [2.75, 3.05) is 13.1 Å². The Balaban J connectivity index is 1.63. The van der Waals surface area contributed by atoms with E-state index in [0.29, 0.717) is 16.5 Å². The quantitative estimate of drug-likeness (QED) is 0.740. The number of fused-ring (bicyclic) bond motifs is 1. The lowest BCUT2D eigenvalue weighted by Crippen LogP contribution is -2.37. The Kier molecular flexibility index (Phi) is 4.76. The Labute approximate surface area is 163 Å². The first-order valence-corrected chi connectivity index (χ1v) is 9.45. The molecule has 2 aliphatic rings. The first-order valence-electron chi connectivity index (χ1n) is 9.45. The lowest BCUT2D eigenvalue weighted by atomic mass is 9.98. The number of carbonyl (C=O) groups is 1. The van der Waals surface area contributed by atoms with Gasteiger partial charge in [-0.1, -0.05) is 0 Å². The molecule has 2 aromatic rings. The van der Waals surface area contributed by atoms with Crippen molar-refractivity contribution in [2.24, 2.45) is 0 Å². The van der Waals surface area contributed by atoms with E-state index in [2.05, 4.69) is 15.6 Å². The molecular formula is C20H20F5N3O. The Morgan fingerprint density at radius 3 is 2.59 bits per heavy atom. The third kappa shape index (κ3) is 4.19. The highest BCUT2D eigenvalue weighted by Crippen LogP contribution is 2.44. The average molecular weight is 413 g/mol. The van der Waals surface area contributed by atoms with Gasteiger partial charge in [0.05, 0.1) is 17.6 Å². The summed E-state index contributed by atoms with van der Waals surface area (Å²) in [5.74, 6) is -3.38. The van der Waals surface area contributed by atoms with Crippen LogP contribution in [0.15, 0.2) is 18.2 Å². The number of amides is 1. The number of hydrogen-bond acceptors (Lipinski definition) is 3. The van der Waals surface area contributed by atoms with Crippen LogP contribution in [-0.4, -0.2) is 35.9 Å². The molecule has 2 N–H and O–H groups in total. The van der Waals surface area contributed by atoms with Gasteiger partial charge in [-0.05, 0) is 55.0 Å². The third-order valence-electron chi connectivity index (χ3n) is 5.43. The van der Waals surface area contributed by atoms with Crippen molar-refractivity contribution >= 4 is 16.8 Å². The number of nitrogens with one attached hydrogen (secondary N) is 2. The van der Waals surface area contributed by atoms with Crippen LogP contribution < -0.4 is 10.6 Å². The minimum Gasteiger partial charge on any atom is -0.349 e. The number of hydrogen-bond donors (Lipinski definition) is 2. The first kappa shape index (κ1) is 20.0. The van der Waals surface area contributed by atoms with Gasteiger partial charge in [0, 0.05) is 24.4 Å². The monoisotopic (exact) mass is 413 g/mol. The highest BCUT2D eigenvalue weighted by molar-refractivity contribution is 5.97. The van der Waals surface area contributed by atoms with Gasteiger partial charge >= 0.3 is 6.18 Å². The van der Waals surface area contributed by atoms with E-state index >= 15 is 0 Å². The second-order valence-corrected chi connectivity index (χ2v) is 7.91. The van der Waals surface area contributed by atoms with Crippen LogP contribution in [0, 0.1) is 6.92 Å². The van der Waals surface area contributed by atoms with Crippen molar-refractivity contribution in [2.45, 2.75) is 50.2 Å². The van der Waals surface area contributed by atoms with Crippen LogP contribution in [-0.2, 0) is 6.18 Å². The fourth-order valence-corrected chi connectivity index (χ4v) is 3.75. The van der Waals surface area contributed by atoms with Gasteiger partial charge in [-0.15, -0.1) is 0 Å². The molecule has 0 spiro atoms. The zero-order valence-corrected chi connectivity index (χ0v) is 15.7. The molecule has 4 rings (SSSR count). The van der Waals surface area contributed by atoms with E-state index in [1.165, 1.54) is 6.07 Å². The van der Waals surface area contributed by atoms with Gasteiger partial charge in [-0.25, -0.2) is 13.8 Å². The fourth-order valence-electron chi connectivity index (χ4n) is 3.75. The van der Waals surface area contributed by atoms with Gasteiger partial charge in [0.1, 0.15) is 5.69 Å². The van der Waals surface area contributed by atoms with Crippen LogP contribution >= 0.6 is 0 Å². The lowest BCUT2D eigenvalue weighted by molar-refractivity contribution is -0.136. The number of aromatic nitrogens is 1.